The molecule has 0 N–H and O–H groups in total. The van der Waals surface area contributed by atoms with Crippen molar-refractivity contribution in [2.24, 2.45) is 0 Å². The lowest BCUT2D eigenvalue weighted by molar-refractivity contribution is 0.0985. The second-order valence-corrected chi connectivity index (χ2v) is 9.01. The maximum Gasteiger partial charge on any atom is 0.260 e. The Morgan fingerprint density at radius 1 is 1.07 bits per heavy atom. The molecule has 0 aliphatic heterocycles. The molecule has 0 bridgehead atoms. The molecule has 0 saturated heterocycles. The summed E-state index contributed by atoms with van der Waals surface area (Å²) in [6.45, 7) is 2.57. The molecule has 1 heterocycles. The van der Waals surface area contributed by atoms with Crippen LogP contribution in [0.4, 0.5) is 5.13 Å². The van der Waals surface area contributed by atoms with Crippen molar-refractivity contribution in [3.8, 4) is 5.75 Å². The van der Waals surface area contributed by atoms with E-state index in [1.165, 1.54) is 11.3 Å². The van der Waals surface area contributed by atoms with E-state index in [9.17, 15) is 4.79 Å². The van der Waals surface area contributed by atoms with Crippen molar-refractivity contribution in [2.45, 2.75) is 18.4 Å². The molecule has 6 heteroatoms. The van der Waals surface area contributed by atoms with Crippen molar-refractivity contribution in [2.75, 3.05) is 17.8 Å². The third-order valence-electron chi connectivity index (χ3n) is 4.64. The first-order chi connectivity index (χ1) is 14.7. The molecule has 1 aromatic heterocycles. The van der Waals surface area contributed by atoms with Crippen LogP contribution in [0.5, 0.6) is 5.75 Å². The highest BCUT2D eigenvalue weighted by molar-refractivity contribution is 7.99. The molecule has 0 spiro atoms. The zero-order chi connectivity index (χ0) is 20.9. The first-order valence-electron chi connectivity index (χ1n) is 9.71. The normalized spacial score (nSPS) is 10.9. The van der Waals surface area contributed by atoms with Crippen LogP contribution >= 0.6 is 23.1 Å². The average molecular weight is 435 g/mol. The molecule has 4 nitrogen and oxygen atoms in total. The number of rotatable bonds is 7. The van der Waals surface area contributed by atoms with Crippen LogP contribution in [0, 0.1) is 0 Å². The molecule has 0 aliphatic carbocycles. The quantitative estimate of drug-likeness (QED) is 0.322. The van der Waals surface area contributed by atoms with Crippen molar-refractivity contribution < 1.29 is 9.53 Å². The first-order valence-corrected chi connectivity index (χ1v) is 11.5. The van der Waals surface area contributed by atoms with Gasteiger partial charge < -0.3 is 4.74 Å². The Balaban J connectivity index is 1.74. The van der Waals surface area contributed by atoms with Gasteiger partial charge in [0.05, 0.1) is 23.9 Å². The molecule has 152 valence electrons. The molecule has 0 radical (unpaired) electrons. The van der Waals surface area contributed by atoms with Gasteiger partial charge in [0.1, 0.15) is 5.75 Å². The highest BCUT2D eigenvalue weighted by Gasteiger charge is 2.22. The number of ether oxygens (including phenoxy) is 1. The predicted octanol–water partition coefficient (Wildman–Crippen LogP) is 6.26. The van der Waals surface area contributed by atoms with Crippen molar-refractivity contribution >= 4 is 44.4 Å². The van der Waals surface area contributed by atoms with E-state index in [1.54, 1.807) is 23.8 Å². The first kappa shape index (κ1) is 20.4. The van der Waals surface area contributed by atoms with Gasteiger partial charge in [-0.25, -0.2) is 4.98 Å². The predicted molar refractivity (Wildman–Crippen MR) is 126 cm³/mol. The minimum atomic E-state index is -0.0524. The highest BCUT2D eigenvalue weighted by atomic mass is 32.2. The monoisotopic (exact) mass is 434 g/mol. The number of aromatic nitrogens is 1. The lowest BCUT2D eigenvalue weighted by atomic mass is 10.1. The van der Waals surface area contributed by atoms with E-state index < -0.39 is 0 Å². The van der Waals surface area contributed by atoms with Gasteiger partial charge in [0.15, 0.2) is 5.13 Å². The van der Waals surface area contributed by atoms with E-state index >= 15 is 0 Å². The smallest absolute Gasteiger partial charge is 0.260 e. The summed E-state index contributed by atoms with van der Waals surface area (Å²) < 4.78 is 6.34. The number of anilines is 1. The van der Waals surface area contributed by atoms with Crippen LogP contribution in [-0.4, -0.2) is 23.8 Å². The molecule has 1 amide bonds. The van der Waals surface area contributed by atoms with Crippen LogP contribution in [0.25, 0.3) is 10.2 Å². The minimum Gasteiger partial charge on any atom is -0.497 e. The van der Waals surface area contributed by atoms with Gasteiger partial charge in [0, 0.05) is 16.5 Å². The van der Waals surface area contributed by atoms with Gasteiger partial charge in [0.2, 0.25) is 0 Å². The van der Waals surface area contributed by atoms with E-state index in [0.717, 1.165) is 32.2 Å². The van der Waals surface area contributed by atoms with Crippen molar-refractivity contribution in [3.63, 3.8) is 0 Å². The van der Waals surface area contributed by atoms with E-state index in [4.69, 9.17) is 9.72 Å². The van der Waals surface area contributed by atoms with E-state index in [2.05, 4.69) is 6.92 Å². The highest BCUT2D eigenvalue weighted by Crippen LogP contribution is 2.33. The molecule has 4 aromatic rings. The van der Waals surface area contributed by atoms with Crippen LogP contribution < -0.4 is 9.64 Å². The summed E-state index contributed by atoms with van der Waals surface area (Å²) in [7, 11) is 1.64. The maximum absolute atomic E-state index is 13.6. The number of thioether (sulfide) groups is 1. The number of benzene rings is 3. The van der Waals surface area contributed by atoms with Crippen molar-refractivity contribution in [3.05, 3.63) is 83.9 Å². The Hall–Kier alpha value is -2.83. The third kappa shape index (κ3) is 4.50. The van der Waals surface area contributed by atoms with Crippen molar-refractivity contribution in [1.29, 1.82) is 0 Å². The average Bonchev–Trinajstić information content (AvgIpc) is 3.21. The molecule has 0 unspecified atom stereocenters. The Bertz CT molecular complexity index is 1160. The standard InChI is InChI=1S/C24H22N2O2S2/c1-3-29-20-11-7-10-18(14-20)23(27)26(16-17-8-5-4-6-9-17)24-25-21-15-19(28-2)12-13-22(21)30-24/h4-15H,3,16H2,1-2H3. The number of amides is 1. The fraction of sp³-hybridized carbons (Fsp3) is 0.167. The van der Waals surface area contributed by atoms with Gasteiger partial charge >= 0.3 is 0 Å². The molecule has 4 rings (SSSR count). The van der Waals surface area contributed by atoms with Crippen LogP contribution in [0.15, 0.2) is 77.7 Å². The summed E-state index contributed by atoms with van der Waals surface area (Å²) in [5.41, 5.74) is 2.55. The molecule has 3 aromatic carbocycles. The molecule has 0 saturated carbocycles. The molecule has 0 fully saturated rings. The zero-order valence-electron chi connectivity index (χ0n) is 16.9. The van der Waals surface area contributed by atoms with Crippen LogP contribution in [0.2, 0.25) is 0 Å². The van der Waals surface area contributed by atoms with Crippen LogP contribution in [0.3, 0.4) is 0 Å². The molecular weight excluding hydrogens is 412 g/mol. The maximum atomic E-state index is 13.6. The van der Waals surface area contributed by atoms with E-state index in [1.807, 2.05) is 72.8 Å². The second-order valence-electron chi connectivity index (χ2n) is 6.67. The fourth-order valence-electron chi connectivity index (χ4n) is 3.17. The number of hydrogen-bond acceptors (Lipinski definition) is 5. The van der Waals surface area contributed by atoms with Gasteiger partial charge in [-0.2, -0.15) is 0 Å². The Morgan fingerprint density at radius 3 is 2.67 bits per heavy atom. The summed E-state index contributed by atoms with van der Waals surface area (Å²) in [5.74, 6) is 1.67. The summed E-state index contributed by atoms with van der Waals surface area (Å²) in [4.78, 5) is 21.2. The SMILES string of the molecule is CCSc1cccc(C(=O)N(Cc2ccccc2)c2nc3cc(OC)ccc3s2)c1. The number of carbonyl (C=O) groups is 1. The summed E-state index contributed by atoms with van der Waals surface area (Å²) in [5, 5.41) is 0.681. The van der Waals surface area contributed by atoms with Gasteiger partial charge in [-0.3, -0.25) is 9.69 Å². The number of fused-ring (bicyclic) bond motifs is 1. The Labute approximate surface area is 184 Å². The zero-order valence-corrected chi connectivity index (χ0v) is 18.5. The summed E-state index contributed by atoms with van der Waals surface area (Å²) >= 11 is 3.24. The molecule has 0 aliphatic rings. The number of nitrogens with zero attached hydrogens (tertiary/aromatic N) is 2. The number of carbonyl (C=O) groups excluding carboxylic acids is 1. The van der Waals surface area contributed by atoms with Crippen molar-refractivity contribution in [1.82, 2.24) is 4.98 Å². The Kier molecular flexibility index (Phi) is 6.35. The molecule has 30 heavy (non-hydrogen) atoms. The molecular formula is C24H22N2O2S2. The number of methoxy groups -OCH3 is 1. The van der Waals surface area contributed by atoms with E-state index in [0.29, 0.717) is 17.2 Å². The lowest BCUT2D eigenvalue weighted by Crippen LogP contribution is -2.30. The lowest BCUT2D eigenvalue weighted by Gasteiger charge is -2.20. The van der Waals surface area contributed by atoms with Gasteiger partial charge in [0.25, 0.3) is 5.91 Å². The number of thiazole rings is 1. The number of hydrogen-bond donors (Lipinski definition) is 0. The third-order valence-corrected chi connectivity index (χ3v) is 6.57. The summed E-state index contributed by atoms with van der Waals surface area (Å²) in [6, 6.07) is 23.6. The van der Waals surface area contributed by atoms with Gasteiger partial charge in [-0.15, -0.1) is 11.8 Å². The van der Waals surface area contributed by atoms with Crippen LogP contribution in [0.1, 0.15) is 22.8 Å². The second kappa shape index (κ2) is 9.32. The fourth-order valence-corrected chi connectivity index (χ4v) is 4.83. The van der Waals surface area contributed by atoms with Crippen LogP contribution in [-0.2, 0) is 6.54 Å². The summed E-state index contributed by atoms with van der Waals surface area (Å²) in [6.07, 6.45) is 0. The van der Waals surface area contributed by atoms with Gasteiger partial charge in [-0.05, 0) is 41.6 Å². The minimum absolute atomic E-state index is 0.0524. The van der Waals surface area contributed by atoms with E-state index in [-0.39, 0.29) is 5.91 Å². The topological polar surface area (TPSA) is 42.4 Å². The van der Waals surface area contributed by atoms with Gasteiger partial charge in [-0.1, -0.05) is 54.7 Å². The molecule has 0 atom stereocenters. The largest absolute Gasteiger partial charge is 0.497 e. The Morgan fingerprint density at radius 2 is 1.90 bits per heavy atom.